The van der Waals surface area contributed by atoms with Crippen molar-refractivity contribution < 1.29 is 28.7 Å². The Morgan fingerprint density at radius 2 is 1.53 bits per heavy atom. The second-order valence-electron chi connectivity index (χ2n) is 8.98. The lowest BCUT2D eigenvalue weighted by Crippen LogP contribution is -2.37. The van der Waals surface area contributed by atoms with E-state index in [-0.39, 0.29) is 17.6 Å². The smallest absolute Gasteiger partial charge is 0.338 e. The molecule has 2 fully saturated rings. The van der Waals surface area contributed by atoms with E-state index in [0.717, 1.165) is 25.7 Å². The first-order valence-corrected chi connectivity index (χ1v) is 11.8. The average Bonchev–Trinajstić information content (AvgIpc) is 3.48. The van der Waals surface area contributed by atoms with Crippen molar-refractivity contribution >= 4 is 29.3 Å². The van der Waals surface area contributed by atoms with Gasteiger partial charge in [0.25, 0.3) is 5.91 Å². The molecule has 0 radical (unpaired) electrons. The van der Waals surface area contributed by atoms with Gasteiger partial charge in [0.05, 0.1) is 18.1 Å². The van der Waals surface area contributed by atoms with Crippen LogP contribution < -0.4 is 5.32 Å². The molecular formula is C27H29NO6. The Labute approximate surface area is 198 Å². The number of amides is 1. The fourth-order valence-electron chi connectivity index (χ4n) is 5.20. The molecule has 4 rings (SSSR count). The summed E-state index contributed by atoms with van der Waals surface area (Å²) in [5, 5.41) is 2.66. The van der Waals surface area contributed by atoms with Crippen LogP contribution in [0.5, 0.6) is 0 Å². The van der Waals surface area contributed by atoms with Crippen molar-refractivity contribution in [2.75, 3.05) is 18.5 Å². The molecule has 34 heavy (non-hydrogen) atoms. The molecule has 7 heteroatoms. The van der Waals surface area contributed by atoms with Crippen molar-refractivity contribution in [1.82, 2.24) is 0 Å². The summed E-state index contributed by atoms with van der Waals surface area (Å²) in [6, 6.07) is 15.4. The van der Waals surface area contributed by atoms with E-state index in [4.69, 9.17) is 9.47 Å². The van der Waals surface area contributed by atoms with Gasteiger partial charge in [0.15, 0.2) is 12.4 Å². The highest BCUT2D eigenvalue weighted by Gasteiger charge is 2.54. The summed E-state index contributed by atoms with van der Waals surface area (Å²) in [7, 11) is 0. The van der Waals surface area contributed by atoms with Crippen LogP contribution in [0.25, 0.3) is 0 Å². The number of hydrogen-bond acceptors (Lipinski definition) is 6. The van der Waals surface area contributed by atoms with Crippen LogP contribution in [0.2, 0.25) is 0 Å². The molecule has 4 atom stereocenters. The second kappa shape index (κ2) is 10.6. The Morgan fingerprint density at radius 3 is 2.21 bits per heavy atom. The standard InChI is InChI=1S/C27H29NO6/c1-2-14-33-26(31)18-10-12-21(13-11-18)28-22(29)16-34-27(32)24-20-9-8-19(15-20)23(24)25(30)17-6-4-3-5-7-17/h3-7,10-13,19-20,23-24H,2,8-9,14-16H2,1H3,(H,28,29)/t19-,20-,23-,24-/m0/s1. The summed E-state index contributed by atoms with van der Waals surface area (Å²) >= 11 is 0. The summed E-state index contributed by atoms with van der Waals surface area (Å²) in [5.41, 5.74) is 1.48. The summed E-state index contributed by atoms with van der Waals surface area (Å²) in [6.07, 6.45) is 3.44. The van der Waals surface area contributed by atoms with E-state index >= 15 is 0 Å². The highest BCUT2D eigenvalue weighted by atomic mass is 16.5. The van der Waals surface area contributed by atoms with Crippen molar-refractivity contribution in [2.45, 2.75) is 32.6 Å². The molecule has 2 bridgehead atoms. The quantitative estimate of drug-likeness (QED) is 0.440. The molecule has 2 aliphatic carbocycles. The number of carbonyl (C=O) groups excluding carboxylic acids is 4. The predicted octanol–water partition coefficient (Wildman–Crippen LogP) is 4.28. The number of anilines is 1. The number of fused-ring (bicyclic) bond motifs is 2. The Morgan fingerprint density at radius 1 is 0.853 bits per heavy atom. The largest absolute Gasteiger partial charge is 0.462 e. The molecule has 1 amide bonds. The van der Waals surface area contributed by atoms with Gasteiger partial charge in [0.2, 0.25) is 0 Å². The van der Waals surface area contributed by atoms with Gasteiger partial charge in [-0.1, -0.05) is 37.3 Å². The van der Waals surface area contributed by atoms with E-state index in [1.54, 1.807) is 36.4 Å². The van der Waals surface area contributed by atoms with Gasteiger partial charge in [0.1, 0.15) is 0 Å². The fourth-order valence-corrected chi connectivity index (χ4v) is 5.20. The molecule has 2 saturated carbocycles. The highest BCUT2D eigenvalue weighted by Crippen LogP contribution is 2.53. The zero-order chi connectivity index (χ0) is 24.1. The Balaban J connectivity index is 1.32. The molecule has 1 N–H and O–H groups in total. The van der Waals surface area contributed by atoms with E-state index in [1.165, 1.54) is 0 Å². The maximum Gasteiger partial charge on any atom is 0.338 e. The molecule has 2 aliphatic rings. The Bertz CT molecular complexity index is 1050. The molecule has 2 aromatic rings. The number of Topliss-reactive ketones (excluding diaryl/α,β-unsaturated/α-hetero) is 1. The predicted molar refractivity (Wildman–Crippen MR) is 125 cm³/mol. The van der Waals surface area contributed by atoms with E-state index in [1.807, 2.05) is 25.1 Å². The number of benzene rings is 2. The third-order valence-electron chi connectivity index (χ3n) is 6.74. The minimum absolute atomic E-state index is 0.0169. The van der Waals surface area contributed by atoms with Gasteiger partial charge in [-0.25, -0.2) is 4.79 Å². The first-order chi connectivity index (χ1) is 16.5. The van der Waals surface area contributed by atoms with E-state index in [2.05, 4.69) is 5.32 Å². The first kappa shape index (κ1) is 23.7. The third-order valence-corrected chi connectivity index (χ3v) is 6.74. The molecule has 0 unspecified atom stereocenters. The Hall–Kier alpha value is -3.48. The van der Waals surface area contributed by atoms with Crippen LogP contribution >= 0.6 is 0 Å². The maximum atomic E-state index is 13.1. The number of carbonyl (C=O) groups is 4. The van der Waals surface area contributed by atoms with Gasteiger partial charge in [0, 0.05) is 17.2 Å². The van der Waals surface area contributed by atoms with Crippen molar-refractivity contribution in [1.29, 1.82) is 0 Å². The molecule has 2 aromatic carbocycles. The first-order valence-electron chi connectivity index (χ1n) is 11.8. The summed E-state index contributed by atoms with van der Waals surface area (Å²) in [4.78, 5) is 50.3. The molecule has 0 aliphatic heterocycles. The lowest BCUT2D eigenvalue weighted by atomic mass is 9.75. The molecule has 7 nitrogen and oxygen atoms in total. The molecule has 0 saturated heterocycles. The number of ether oxygens (including phenoxy) is 2. The number of nitrogens with one attached hydrogen (secondary N) is 1. The topological polar surface area (TPSA) is 98.8 Å². The van der Waals surface area contributed by atoms with Gasteiger partial charge in [-0.2, -0.15) is 0 Å². The minimum Gasteiger partial charge on any atom is -0.462 e. The number of ketones is 1. The minimum atomic E-state index is -0.507. The van der Waals surface area contributed by atoms with Crippen LogP contribution in [0.4, 0.5) is 5.69 Å². The van der Waals surface area contributed by atoms with Gasteiger partial charge in [-0.3, -0.25) is 14.4 Å². The van der Waals surface area contributed by atoms with Crippen molar-refractivity contribution in [3.05, 3.63) is 65.7 Å². The maximum absolute atomic E-state index is 13.1. The monoisotopic (exact) mass is 463 g/mol. The van der Waals surface area contributed by atoms with Crippen LogP contribution in [-0.2, 0) is 19.1 Å². The lowest BCUT2D eigenvalue weighted by molar-refractivity contribution is -0.154. The average molecular weight is 464 g/mol. The molecule has 178 valence electrons. The van der Waals surface area contributed by atoms with Gasteiger partial charge >= 0.3 is 11.9 Å². The van der Waals surface area contributed by atoms with Crippen LogP contribution in [0.15, 0.2) is 54.6 Å². The fraction of sp³-hybridized carbons (Fsp3) is 0.407. The highest BCUT2D eigenvalue weighted by molar-refractivity contribution is 6.01. The van der Waals surface area contributed by atoms with Crippen LogP contribution in [-0.4, -0.2) is 36.8 Å². The van der Waals surface area contributed by atoms with Gasteiger partial charge < -0.3 is 14.8 Å². The SMILES string of the molecule is CCCOC(=O)c1ccc(NC(=O)COC(=O)[C@H]2[C@H]3CC[C@@H](C3)[C@@H]2C(=O)c2ccccc2)cc1. The zero-order valence-corrected chi connectivity index (χ0v) is 19.2. The van der Waals surface area contributed by atoms with Crippen LogP contribution in [0.1, 0.15) is 53.3 Å². The summed E-state index contributed by atoms with van der Waals surface area (Å²) in [6.45, 7) is 1.83. The molecule has 0 aromatic heterocycles. The molecule has 0 spiro atoms. The Kier molecular flexibility index (Phi) is 7.40. The molecular weight excluding hydrogens is 434 g/mol. The van der Waals surface area contributed by atoms with E-state index < -0.39 is 36.3 Å². The third kappa shape index (κ3) is 5.19. The summed E-state index contributed by atoms with van der Waals surface area (Å²) < 4.78 is 10.4. The van der Waals surface area contributed by atoms with E-state index in [0.29, 0.717) is 23.4 Å². The van der Waals surface area contributed by atoms with Gasteiger partial charge in [-0.15, -0.1) is 0 Å². The van der Waals surface area contributed by atoms with Crippen molar-refractivity contribution in [3.63, 3.8) is 0 Å². The van der Waals surface area contributed by atoms with Crippen molar-refractivity contribution in [2.24, 2.45) is 23.7 Å². The molecule has 0 heterocycles. The number of hydrogen-bond donors (Lipinski definition) is 1. The summed E-state index contributed by atoms with van der Waals surface area (Å²) in [5.74, 6) is -1.99. The van der Waals surface area contributed by atoms with Gasteiger partial charge in [-0.05, 0) is 61.8 Å². The van der Waals surface area contributed by atoms with Crippen molar-refractivity contribution in [3.8, 4) is 0 Å². The normalized spacial score (nSPS) is 22.7. The second-order valence-corrected chi connectivity index (χ2v) is 8.98. The number of rotatable bonds is 9. The zero-order valence-electron chi connectivity index (χ0n) is 19.2. The van der Waals surface area contributed by atoms with E-state index in [9.17, 15) is 19.2 Å². The lowest BCUT2D eigenvalue weighted by Gasteiger charge is -2.28. The van der Waals surface area contributed by atoms with Crippen LogP contribution in [0.3, 0.4) is 0 Å². The number of esters is 2. The van der Waals surface area contributed by atoms with Crippen LogP contribution in [0, 0.1) is 23.7 Å².